The van der Waals surface area contributed by atoms with Gasteiger partial charge in [-0.1, -0.05) is 13.8 Å². The number of rotatable bonds is 4. The molecule has 1 aliphatic heterocycles. The fourth-order valence-corrected chi connectivity index (χ4v) is 1.47. The number of hydrogen-bond acceptors (Lipinski definition) is 3. The number of hydrogen-bond donors (Lipinski definition) is 3. The average Bonchev–Trinajstić information content (AvgIpc) is 2.66. The highest BCUT2D eigenvalue weighted by atomic mass is 16.5. The van der Waals surface area contributed by atoms with E-state index in [1.807, 2.05) is 13.8 Å². The Morgan fingerprint density at radius 3 is 2.80 bits per heavy atom. The van der Waals surface area contributed by atoms with Crippen molar-refractivity contribution in [2.75, 3.05) is 19.8 Å². The molecule has 0 spiro atoms. The third-order valence-corrected chi connectivity index (χ3v) is 2.58. The molecule has 5 heteroatoms. The fraction of sp³-hybridized carbons (Fsp3) is 0.900. The molecule has 3 N–H and O–H groups in total. The van der Waals surface area contributed by atoms with Gasteiger partial charge in [-0.15, -0.1) is 0 Å². The zero-order valence-corrected chi connectivity index (χ0v) is 9.32. The van der Waals surface area contributed by atoms with Crippen LogP contribution in [-0.4, -0.2) is 43.0 Å². The summed E-state index contributed by atoms with van der Waals surface area (Å²) in [7, 11) is 0. The molecule has 1 aliphatic rings. The van der Waals surface area contributed by atoms with Crippen molar-refractivity contribution in [1.82, 2.24) is 10.6 Å². The van der Waals surface area contributed by atoms with Gasteiger partial charge in [0.05, 0.1) is 25.3 Å². The van der Waals surface area contributed by atoms with Crippen LogP contribution in [0.3, 0.4) is 0 Å². The number of nitrogens with one attached hydrogen (secondary N) is 2. The van der Waals surface area contributed by atoms with Gasteiger partial charge >= 0.3 is 6.03 Å². The lowest BCUT2D eigenvalue weighted by atomic mass is 10.1. The Morgan fingerprint density at radius 2 is 2.33 bits per heavy atom. The second-order valence-corrected chi connectivity index (χ2v) is 4.21. The highest BCUT2D eigenvalue weighted by Gasteiger charge is 2.20. The predicted molar refractivity (Wildman–Crippen MR) is 56.6 cm³/mol. The Kier molecular flexibility index (Phi) is 4.84. The van der Waals surface area contributed by atoms with Crippen molar-refractivity contribution < 1.29 is 14.6 Å². The second-order valence-electron chi connectivity index (χ2n) is 4.21. The van der Waals surface area contributed by atoms with Crippen LogP contribution in [0.5, 0.6) is 0 Å². The minimum absolute atomic E-state index is 0.0355. The maximum atomic E-state index is 11.5. The Labute approximate surface area is 90.2 Å². The smallest absolute Gasteiger partial charge is 0.315 e. The Bertz CT molecular complexity index is 203. The molecule has 1 rings (SSSR count). The maximum Gasteiger partial charge on any atom is 0.315 e. The molecule has 1 saturated heterocycles. The lowest BCUT2D eigenvalue weighted by Crippen LogP contribution is -2.49. The minimum atomic E-state index is -0.224. The van der Waals surface area contributed by atoms with Gasteiger partial charge in [0.1, 0.15) is 0 Å². The maximum absolute atomic E-state index is 11.5. The molecule has 0 saturated carbocycles. The van der Waals surface area contributed by atoms with Gasteiger partial charge in [-0.25, -0.2) is 4.79 Å². The Morgan fingerprint density at radius 1 is 1.60 bits per heavy atom. The lowest BCUT2D eigenvalue weighted by molar-refractivity contribution is 0.183. The number of urea groups is 1. The van der Waals surface area contributed by atoms with Crippen molar-refractivity contribution >= 4 is 6.03 Å². The third kappa shape index (κ3) is 4.05. The van der Waals surface area contributed by atoms with Crippen molar-refractivity contribution in [2.45, 2.75) is 32.4 Å². The summed E-state index contributed by atoms with van der Waals surface area (Å²) in [5, 5.41) is 14.6. The monoisotopic (exact) mass is 216 g/mol. The summed E-state index contributed by atoms with van der Waals surface area (Å²) in [6.45, 7) is 5.17. The van der Waals surface area contributed by atoms with Gasteiger partial charge in [0.2, 0.25) is 0 Å². The topological polar surface area (TPSA) is 70.6 Å². The van der Waals surface area contributed by atoms with E-state index < -0.39 is 0 Å². The molecule has 88 valence electrons. The molecule has 0 radical (unpaired) electrons. The van der Waals surface area contributed by atoms with Crippen molar-refractivity contribution in [3.8, 4) is 0 Å². The zero-order valence-electron chi connectivity index (χ0n) is 9.32. The van der Waals surface area contributed by atoms with Gasteiger partial charge < -0.3 is 20.5 Å². The first-order valence-corrected chi connectivity index (χ1v) is 5.39. The molecule has 2 unspecified atom stereocenters. The van der Waals surface area contributed by atoms with Gasteiger partial charge in [0.15, 0.2) is 0 Å². The standard InChI is InChI=1S/C10H20N2O3/c1-7(2)9(5-13)12-10(14)11-8-3-4-15-6-8/h7-9,13H,3-6H2,1-2H3,(H2,11,12,14). The predicted octanol–water partition coefficient (Wildman–Crippen LogP) is 0.0914. The SMILES string of the molecule is CC(C)C(CO)NC(=O)NC1CCOC1. The first-order valence-electron chi connectivity index (χ1n) is 5.39. The van der Waals surface area contributed by atoms with Crippen molar-refractivity contribution in [2.24, 2.45) is 5.92 Å². The number of carbonyl (C=O) groups is 1. The van der Waals surface area contributed by atoms with E-state index in [1.165, 1.54) is 0 Å². The Balaban J connectivity index is 2.27. The van der Waals surface area contributed by atoms with Crippen LogP contribution in [-0.2, 0) is 4.74 Å². The van der Waals surface area contributed by atoms with E-state index in [2.05, 4.69) is 10.6 Å². The number of aliphatic hydroxyl groups is 1. The molecule has 0 aromatic heterocycles. The van der Waals surface area contributed by atoms with E-state index in [0.29, 0.717) is 13.2 Å². The summed E-state index contributed by atoms with van der Waals surface area (Å²) in [4.78, 5) is 11.5. The molecule has 0 aliphatic carbocycles. The number of aliphatic hydroxyl groups excluding tert-OH is 1. The van der Waals surface area contributed by atoms with Crippen LogP contribution in [0.2, 0.25) is 0 Å². The summed E-state index contributed by atoms with van der Waals surface area (Å²) >= 11 is 0. The van der Waals surface area contributed by atoms with E-state index in [4.69, 9.17) is 9.84 Å². The minimum Gasteiger partial charge on any atom is -0.394 e. The molecule has 1 heterocycles. The number of ether oxygens (including phenoxy) is 1. The van der Waals surface area contributed by atoms with Crippen LogP contribution in [0.4, 0.5) is 4.79 Å². The summed E-state index contributed by atoms with van der Waals surface area (Å²) in [6.07, 6.45) is 0.860. The summed E-state index contributed by atoms with van der Waals surface area (Å²) in [5.74, 6) is 0.223. The van der Waals surface area contributed by atoms with Gasteiger partial charge in [0, 0.05) is 6.61 Å². The lowest BCUT2D eigenvalue weighted by Gasteiger charge is -2.21. The van der Waals surface area contributed by atoms with E-state index in [0.717, 1.165) is 6.42 Å². The molecule has 2 amide bonds. The summed E-state index contributed by atoms with van der Waals surface area (Å²) in [5.41, 5.74) is 0. The van der Waals surface area contributed by atoms with E-state index in [1.54, 1.807) is 0 Å². The Hall–Kier alpha value is -0.810. The molecule has 15 heavy (non-hydrogen) atoms. The molecular formula is C10H20N2O3. The van der Waals surface area contributed by atoms with Crippen molar-refractivity contribution in [3.05, 3.63) is 0 Å². The summed E-state index contributed by atoms with van der Waals surface area (Å²) in [6, 6.07) is -0.304. The summed E-state index contributed by atoms with van der Waals surface area (Å²) < 4.78 is 5.14. The molecule has 0 bridgehead atoms. The molecule has 5 nitrogen and oxygen atoms in total. The second kappa shape index (κ2) is 5.92. The van der Waals surface area contributed by atoms with Crippen molar-refractivity contribution in [1.29, 1.82) is 0 Å². The van der Waals surface area contributed by atoms with Gasteiger partial charge in [-0.3, -0.25) is 0 Å². The third-order valence-electron chi connectivity index (χ3n) is 2.58. The highest BCUT2D eigenvalue weighted by molar-refractivity contribution is 5.74. The molecule has 2 atom stereocenters. The van der Waals surface area contributed by atoms with Crippen LogP contribution < -0.4 is 10.6 Å². The quantitative estimate of drug-likeness (QED) is 0.624. The average molecular weight is 216 g/mol. The van der Waals surface area contributed by atoms with Crippen LogP contribution in [0.1, 0.15) is 20.3 Å². The van der Waals surface area contributed by atoms with Gasteiger partial charge in [-0.05, 0) is 12.3 Å². The molecule has 0 aromatic rings. The van der Waals surface area contributed by atoms with Gasteiger partial charge in [0.25, 0.3) is 0 Å². The fourth-order valence-electron chi connectivity index (χ4n) is 1.47. The van der Waals surface area contributed by atoms with Crippen molar-refractivity contribution in [3.63, 3.8) is 0 Å². The van der Waals surface area contributed by atoms with E-state index in [-0.39, 0.29) is 30.6 Å². The normalized spacial score (nSPS) is 22.8. The zero-order chi connectivity index (χ0) is 11.3. The first kappa shape index (κ1) is 12.3. The molecular weight excluding hydrogens is 196 g/mol. The van der Waals surface area contributed by atoms with E-state index in [9.17, 15) is 4.79 Å². The largest absolute Gasteiger partial charge is 0.394 e. The van der Waals surface area contributed by atoms with E-state index >= 15 is 0 Å². The van der Waals surface area contributed by atoms with Crippen LogP contribution in [0.25, 0.3) is 0 Å². The van der Waals surface area contributed by atoms with Gasteiger partial charge in [-0.2, -0.15) is 0 Å². The molecule has 0 aromatic carbocycles. The highest BCUT2D eigenvalue weighted by Crippen LogP contribution is 2.04. The number of amides is 2. The molecule has 1 fully saturated rings. The van der Waals surface area contributed by atoms with Crippen LogP contribution >= 0.6 is 0 Å². The van der Waals surface area contributed by atoms with Crippen LogP contribution in [0.15, 0.2) is 0 Å². The van der Waals surface area contributed by atoms with Crippen LogP contribution in [0, 0.1) is 5.92 Å². The number of carbonyl (C=O) groups excluding carboxylic acids is 1. The first-order chi connectivity index (χ1) is 7.13.